The van der Waals surface area contributed by atoms with Gasteiger partial charge in [-0.25, -0.2) is 4.98 Å². The number of nitrogens with two attached hydrogens (primary N) is 1. The van der Waals surface area contributed by atoms with E-state index < -0.39 is 0 Å². The summed E-state index contributed by atoms with van der Waals surface area (Å²) in [7, 11) is 0. The van der Waals surface area contributed by atoms with Crippen LogP contribution in [0.3, 0.4) is 0 Å². The maximum Gasteiger partial charge on any atom is 0.148 e. The molecule has 0 saturated heterocycles. The molecule has 1 aromatic carbocycles. The number of thiophene rings is 2. The number of imidazole rings is 1. The Morgan fingerprint density at radius 3 is 2.94 bits per heavy atom. The van der Waals surface area contributed by atoms with Crippen LogP contribution < -0.4 is 5.73 Å². The number of rotatable bonds is 1. The summed E-state index contributed by atoms with van der Waals surface area (Å²) >= 11 is 3.52. The first-order valence-electron chi connectivity index (χ1n) is 5.52. The number of anilines is 1. The van der Waals surface area contributed by atoms with Gasteiger partial charge in [0.2, 0.25) is 0 Å². The molecule has 0 aliphatic heterocycles. The average molecular weight is 271 g/mol. The van der Waals surface area contributed by atoms with Crippen LogP contribution in [0, 0.1) is 0 Å². The fraction of sp³-hybridized carbons (Fsp3) is 0. The summed E-state index contributed by atoms with van der Waals surface area (Å²) in [5.41, 5.74) is 8.47. The van der Waals surface area contributed by atoms with Crippen LogP contribution in [0.15, 0.2) is 35.7 Å². The summed E-state index contributed by atoms with van der Waals surface area (Å²) in [6, 6.07) is 10.1. The molecule has 18 heavy (non-hydrogen) atoms. The number of nitrogens with zero attached hydrogens (tertiary/aromatic N) is 1. The summed E-state index contributed by atoms with van der Waals surface area (Å²) in [4.78, 5) is 9.10. The Morgan fingerprint density at radius 1 is 1.11 bits per heavy atom. The Labute approximate surface area is 111 Å². The van der Waals surface area contributed by atoms with E-state index in [2.05, 4.69) is 27.5 Å². The molecule has 0 bridgehead atoms. The molecule has 0 aliphatic carbocycles. The van der Waals surface area contributed by atoms with E-state index in [0.29, 0.717) is 0 Å². The largest absolute Gasteiger partial charge is 0.399 e. The quantitative estimate of drug-likeness (QED) is 0.512. The van der Waals surface area contributed by atoms with Crippen LogP contribution in [0.1, 0.15) is 0 Å². The van der Waals surface area contributed by atoms with Gasteiger partial charge in [-0.1, -0.05) is 0 Å². The number of hydrogen-bond donors (Lipinski definition) is 2. The molecule has 3 heterocycles. The lowest BCUT2D eigenvalue weighted by atomic mass is 10.3. The van der Waals surface area contributed by atoms with Gasteiger partial charge in [0.1, 0.15) is 5.82 Å². The van der Waals surface area contributed by atoms with E-state index in [1.807, 2.05) is 18.2 Å². The summed E-state index contributed by atoms with van der Waals surface area (Å²) in [5, 5.41) is 2.12. The van der Waals surface area contributed by atoms with Crippen LogP contribution in [-0.2, 0) is 0 Å². The topological polar surface area (TPSA) is 54.7 Å². The molecule has 3 aromatic heterocycles. The van der Waals surface area contributed by atoms with Crippen molar-refractivity contribution in [2.75, 3.05) is 5.73 Å². The zero-order valence-electron chi connectivity index (χ0n) is 9.31. The Bertz CT molecular complexity index is 825. The molecular formula is C13H9N3S2. The van der Waals surface area contributed by atoms with Crippen molar-refractivity contribution in [3.63, 3.8) is 0 Å². The van der Waals surface area contributed by atoms with Crippen LogP contribution in [-0.4, -0.2) is 9.97 Å². The second kappa shape index (κ2) is 3.57. The molecule has 0 unspecified atom stereocenters. The van der Waals surface area contributed by atoms with E-state index in [-0.39, 0.29) is 0 Å². The molecule has 4 rings (SSSR count). The fourth-order valence-corrected chi connectivity index (χ4v) is 4.08. The van der Waals surface area contributed by atoms with Crippen LogP contribution in [0.2, 0.25) is 0 Å². The van der Waals surface area contributed by atoms with Crippen molar-refractivity contribution in [3.8, 4) is 10.7 Å². The lowest BCUT2D eigenvalue weighted by Crippen LogP contribution is -1.82. The SMILES string of the molecule is Nc1ccc2nc(-c3cc4sccc4s3)[nH]c2c1. The van der Waals surface area contributed by atoms with Gasteiger partial charge < -0.3 is 10.7 Å². The van der Waals surface area contributed by atoms with Gasteiger partial charge in [0.05, 0.1) is 15.9 Å². The van der Waals surface area contributed by atoms with Gasteiger partial charge >= 0.3 is 0 Å². The predicted octanol–water partition coefficient (Wildman–Crippen LogP) is 4.09. The monoisotopic (exact) mass is 271 g/mol. The van der Waals surface area contributed by atoms with Crippen LogP contribution in [0.25, 0.3) is 31.1 Å². The highest BCUT2D eigenvalue weighted by Gasteiger charge is 2.09. The highest BCUT2D eigenvalue weighted by molar-refractivity contribution is 7.28. The van der Waals surface area contributed by atoms with Gasteiger partial charge in [-0.2, -0.15) is 0 Å². The lowest BCUT2D eigenvalue weighted by molar-refractivity contribution is 1.36. The van der Waals surface area contributed by atoms with Crippen molar-refractivity contribution < 1.29 is 0 Å². The van der Waals surface area contributed by atoms with Crippen LogP contribution in [0.5, 0.6) is 0 Å². The Kier molecular flexibility index (Phi) is 2.00. The first kappa shape index (κ1) is 10.1. The molecule has 3 nitrogen and oxygen atoms in total. The third-order valence-electron chi connectivity index (χ3n) is 2.88. The molecule has 0 radical (unpaired) electrons. The normalized spacial score (nSPS) is 11.6. The van der Waals surface area contributed by atoms with Gasteiger partial charge in [-0.05, 0) is 35.7 Å². The number of H-pyrrole nitrogens is 1. The van der Waals surface area contributed by atoms with Crippen molar-refractivity contribution in [3.05, 3.63) is 35.7 Å². The molecule has 0 saturated carbocycles. The second-order valence-corrected chi connectivity index (χ2v) is 6.15. The van der Waals surface area contributed by atoms with Gasteiger partial charge in [0, 0.05) is 15.1 Å². The van der Waals surface area contributed by atoms with Gasteiger partial charge in [0.15, 0.2) is 0 Å². The van der Waals surface area contributed by atoms with Gasteiger partial charge in [0.25, 0.3) is 0 Å². The summed E-state index contributed by atoms with van der Waals surface area (Å²) in [6.45, 7) is 0. The second-order valence-electron chi connectivity index (χ2n) is 4.12. The molecule has 4 aromatic rings. The number of aromatic amines is 1. The zero-order valence-corrected chi connectivity index (χ0v) is 10.9. The molecule has 0 fully saturated rings. The van der Waals surface area contributed by atoms with Crippen LogP contribution >= 0.6 is 22.7 Å². The van der Waals surface area contributed by atoms with Crippen molar-refractivity contribution in [2.45, 2.75) is 0 Å². The minimum Gasteiger partial charge on any atom is -0.399 e. The maximum atomic E-state index is 5.77. The number of hydrogen-bond acceptors (Lipinski definition) is 4. The van der Waals surface area contributed by atoms with E-state index in [4.69, 9.17) is 5.73 Å². The molecule has 88 valence electrons. The van der Waals surface area contributed by atoms with E-state index >= 15 is 0 Å². The minimum absolute atomic E-state index is 0.755. The molecule has 3 N–H and O–H groups in total. The third kappa shape index (κ3) is 1.45. The minimum atomic E-state index is 0.755. The summed E-state index contributed by atoms with van der Waals surface area (Å²) < 4.78 is 2.63. The first-order valence-corrected chi connectivity index (χ1v) is 7.22. The predicted molar refractivity (Wildman–Crippen MR) is 79.2 cm³/mol. The van der Waals surface area contributed by atoms with Crippen molar-refractivity contribution >= 4 is 48.8 Å². The number of fused-ring (bicyclic) bond motifs is 2. The van der Waals surface area contributed by atoms with Crippen molar-refractivity contribution in [1.29, 1.82) is 0 Å². The molecule has 5 heteroatoms. The maximum absolute atomic E-state index is 5.77. The molecule has 0 aliphatic rings. The van der Waals surface area contributed by atoms with E-state index in [1.54, 1.807) is 22.7 Å². The molecule has 0 atom stereocenters. The first-order chi connectivity index (χ1) is 8.79. The average Bonchev–Trinajstić information content (AvgIpc) is 2.99. The highest BCUT2D eigenvalue weighted by Crippen LogP contribution is 2.35. The molecule has 0 spiro atoms. The number of nitrogen functional groups attached to an aromatic ring is 1. The third-order valence-corrected chi connectivity index (χ3v) is 4.98. The molecule has 0 amide bonds. The van der Waals surface area contributed by atoms with Crippen molar-refractivity contribution in [2.24, 2.45) is 0 Å². The summed E-state index contributed by atoms with van der Waals surface area (Å²) in [6.07, 6.45) is 0. The zero-order chi connectivity index (χ0) is 12.1. The van der Waals surface area contributed by atoms with Crippen LogP contribution in [0.4, 0.5) is 5.69 Å². The van der Waals surface area contributed by atoms with Crippen molar-refractivity contribution in [1.82, 2.24) is 9.97 Å². The number of aromatic nitrogens is 2. The van der Waals surface area contributed by atoms with Gasteiger partial charge in [-0.3, -0.25) is 0 Å². The van der Waals surface area contributed by atoms with Gasteiger partial charge in [-0.15, -0.1) is 22.7 Å². The summed E-state index contributed by atoms with van der Waals surface area (Å²) in [5.74, 6) is 0.920. The fourth-order valence-electron chi connectivity index (χ4n) is 2.03. The van der Waals surface area contributed by atoms with E-state index in [1.165, 1.54) is 14.3 Å². The van der Waals surface area contributed by atoms with E-state index in [0.717, 1.165) is 22.5 Å². The number of nitrogens with one attached hydrogen (secondary N) is 1. The van der Waals surface area contributed by atoms with E-state index in [9.17, 15) is 0 Å². The molecular weight excluding hydrogens is 262 g/mol. The highest BCUT2D eigenvalue weighted by atomic mass is 32.1. The standard InChI is InChI=1S/C13H9N3S2/c14-7-1-2-8-9(5-7)16-13(15-8)12-6-11-10(18-12)3-4-17-11/h1-6H,14H2,(H,15,16). The number of benzene rings is 1. The Morgan fingerprint density at radius 2 is 2.06 bits per heavy atom. The Balaban J connectivity index is 1.93. The lowest BCUT2D eigenvalue weighted by Gasteiger charge is -1.89. The Hall–Kier alpha value is -1.85. The smallest absolute Gasteiger partial charge is 0.148 e.